The van der Waals surface area contributed by atoms with Crippen molar-refractivity contribution in [2.45, 2.75) is 19.4 Å². The number of ether oxygens (including phenoxy) is 1. The number of nitrogens with one attached hydrogen (secondary N) is 2. The molecule has 2 rings (SSSR count). The van der Waals surface area contributed by atoms with Gasteiger partial charge < -0.3 is 19.8 Å². The van der Waals surface area contributed by atoms with E-state index in [0.29, 0.717) is 18.0 Å². The van der Waals surface area contributed by atoms with Crippen molar-refractivity contribution in [3.05, 3.63) is 42.5 Å². The topological polar surface area (TPSA) is 76.4 Å². The molecule has 0 aliphatic carbocycles. The van der Waals surface area contributed by atoms with Gasteiger partial charge in [0.05, 0.1) is 25.3 Å². The van der Waals surface area contributed by atoms with E-state index >= 15 is 0 Å². The molecule has 0 aliphatic rings. The van der Waals surface area contributed by atoms with Gasteiger partial charge in [-0.2, -0.15) is 0 Å². The zero-order valence-electron chi connectivity index (χ0n) is 11.4. The number of hydrogen-bond acceptors (Lipinski definition) is 4. The van der Waals surface area contributed by atoms with Gasteiger partial charge in [0.2, 0.25) is 5.88 Å². The largest absolute Gasteiger partial charge is 0.481 e. The lowest BCUT2D eigenvalue weighted by atomic mass is 10.2. The molecule has 1 unspecified atom stereocenters. The van der Waals surface area contributed by atoms with Gasteiger partial charge >= 0.3 is 6.03 Å². The van der Waals surface area contributed by atoms with Crippen molar-refractivity contribution in [2.75, 3.05) is 12.4 Å². The van der Waals surface area contributed by atoms with Gasteiger partial charge in [-0.05, 0) is 25.1 Å². The number of anilines is 1. The molecule has 0 bridgehead atoms. The summed E-state index contributed by atoms with van der Waals surface area (Å²) in [6, 6.07) is 6.79. The van der Waals surface area contributed by atoms with E-state index < -0.39 is 0 Å². The van der Waals surface area contributed by atoms with E-state index in [-0.39, 0.29) is 12.1 Å². The summed E-state index contributed by atoms with van der Waals surface area (Å²) < 4.78 is 10.2. The molecule has 2 aromatic rings. The van der Waals surface area contributed by atoms with Gasteiger partial charge in [0.15, 0.2) is 0 Å². The minimum atomic E-state index is -0.281. The van der Waals surface area contributed by atoms with Gasteiger partial charge in [0.25, 0.3) is 0 Å². The summed E-state index contributed by atoms with van der Waals surface area (Å²) in [6.45, 7) is 1.91. The van der Waals surface area contributed by atoms with Gasteiger partial charge in [-0.3, -0.25) is 0 Å². The van der Waals surface area contributed by atoms with E-state index in [0.717, 1.165) is 5.76 Å². The third-order valence-electron chi connectivity index (χ3n) is 2.67. The Labute approximate surface area is 117 Å². The number of methoxy groups -OCH3 is 1. The van der Waals surface area contributed by atoms with Crippen LogP contribution < -0.4 is 15.4 Å². The summed E-state index contributed by atoms with van der Waals surface area (Å²) in [4.78, 5) is 15.8. The molecule has 2 aromatic heterocycles. The average molecular weight is 275 g/mol. The van der Waals surface area contributed by atoms with E-state index in [4.69, 9.17) is 9.15 Å². The van der Waals surface area contributed by atoms with Crippen molar-refractivity contribution in [3.8, 4) is 5.88 Å². The predicted octanol–water partition coefficient (Wildman–Crippen LogP) is 2.44. The maximum atomic E-state index is 11.8. The van der Waals surface area contributed by atoms with Crippen LogP contribution in [0.15, 0.2) is 41.1 Å². The van der Waals surface area contributed by atoms with Crippen LogP contribution in [0.5, 0.6) is 5.88 Å². The third kappa shape index (κ3) is 4.01. The first kappa shape index (κ1) is 13.9. The van der Waals surface area contributed by atoms with Crippen LogP contribution in [-0.4, -0.2) is 24.2 Å². The maximum Gasteiger partial charge on any atom is 0.319 e. The lowest BCUT2D eigenvalue weighted by Gasteiger charge is -2.13. The quantitative estimate of drug-likeness (QED) is 0.878. The molecule has 6 heteroatoms. The highest BCUT2D eigenvalue weighted by Gasteiger charge is 2.09. The van der Waals surface area contributed by atoms with Crippen LogP contribution in [0.4, 0.5) is 10.5 Å². The fourth-order valence-electron chi connectivity index (χ4n) is 1.75. The van der Waals surface area contributed by atoms with Crippen LogP contribution in [0.2, 0.25) is 0 Å². The number of pyridine rings is 1. The zero-order chi connectivity index (χ0) is 14.4. The van der Waals surface area contributed by atoms with Crippen LogP contribution in [0, 0.1) is 0 Å². The molecule has 0 radical (unpaired) electrons. The number of hydrogen-bond donors (Lipinski definition) is 2. The van der Waals surface area contributed by atoms with E-state index in [1.807, 2.05) is 19.1 Å². The fraction of sp³-hybridized carbons (Fsp3) is 0.286. The molecule has 0 saturated carbocycles. The van der Waals surface area contributed by atoms with E-state index in [2.05, 4.69) is 15.6 Å². The van der Waals surface area contributed by atoms with Gasteiger partial charge in [-0.1, -0.05) is 0 Å². The molecule has 0 aromatic carbocycles. The molecule has 1 atom stereocenters. The second-order valence-electron chi connectivity index (χ2n) is 4.37. The molecule has 20 heavy (non-hydrogen) atoms. The minimum Gasteiger partial charge on any atom is -0.481 e. The fourth-order valence-corrected chi connectivity index (χ4v) is 1.75. The summed E-state index contributed by atoms with van der Waals surface area (Å²) in [5, 5.41) is 5.53. The molecule has 6 nitrogen and oxygen atoms in total. The molecule has 2 amide bonds. The van der Waals surface area contributed by atoms with Crippen molar-refractivity contribution in [1.29, 1.82) is 0 Å². The molecular formula is C14H17N3O3. The minimum absolute atomic E-state index is 0.0349. The van der Waals surface area contributed by atoms with Crippen LogP contribution in [0.3, 0.4) is 0 Å². The number of carbonyl (C=O) groups is 1. The third-order valence-corrected chi connectivity index (χ3v) is 2.67. The molecule has 2 heterocycles. The first-order valence-corrected chi connectivity index (χ1v) is 6.27. The smallest absolute Gasteiger partial charge is 0.319 e. The number of aromatic nitrogens is 1. The molecule has 0 saturated heterocycles. The van der Waals surface area contributed by atoms with Crippen LogP contribution in [0.1, 0.15) is 12.7 Å². The van der Waals surface area contributed by atoms with Gasteiger partial charge in [-0.25, -0.2) is 9.78 Å². The van der Waals surface area contributed by atoms with Crippen LogP contribution in [0.25, 0.3) is 0 Å². The Hall–Kier alpha value is -2.50. The van der Waals surface area contributed by atoms with Crippen molar-refractivity contribution in [3.63, 3.8) is 0 Å². The maximum absolute atomic E-state index is 11.8. The predicted molar refractivity (Wildman–Crippen MR) is 74.8 cm³/mol. The molecule has 2 N–H and O–H groups in total. The Morgan fingerprint density at radius 2 is 2.30 bits per heavy atom. The summed E-state index contributed by atoms with van der Waals surface area (Å²) in [5.74, 6) is 1.34. The molecular weight excluding hydrogens is 258 g/mol. The Kier molecular flexibility index (Phi) is 4.60. The highest BCUT2D eigenvalue weighted by molar-refractivity contribution is 5.89. The monoisotopic (exact) mass is 275 g/mol. The van der Waals surface area contributed by atoms with E-state index in [1.54, 1.807) is 25.5 Å². The normalized spacial score (nSPS) is 11.7. The average Bonchev–Trinajstić information content (AvgIpc) is 2.92. The van der Waals surface area contributed by atoms with Crippen molar-refractivity contribution >= 4 is 11.7 Å². The van der Waals surface area contributed by atoms with Crippen molar-refractivity contribution < 1.29 is 13.9 Å². The molecule has 0 fully saturated rings. The number of carbonyl (C=O) groups excluding carboxylic acids is 1. The van der Waals surface area contributed by atoms with Crippen molar-refractivity contribution in [1.82, 2.24) is 10.3 Å². The summed E-state index contributed by atoms with van der Waals surface area (Å²) in [7, 11) is 1.54. The van der Waals surface area contributed by atoms with E-state index in [9.17, 15) is 4.79 Å². The number of rotatable bonds is 5. The summed E-state index contributed by atoms with van der Waals surface area (Å²) in [5.41, 5.74) is 0.605. The first-order valence-electron chi connectivity index (χ1n) is 6.27. The van der Waals surface area contributed by atoms with Gasteiger partial charge in [0, 0.05) is 18.5 Å². The Morgan fingerprint density at radius 1 is 1.45 bits per heavy atom. The van der Waals surface area contributed by atoms with Crippen molar-refractivity contribution in [2.24, 2.45) is 0 Å². The molecule has 106 valence electrons. The summed E-state index contributed by atoms with van der Waals surface area (Å²) >= 11 is 0. The van der Waals surface area contributed by atoms with Crippen LogP contribution in [-0.2, 0) is 6.42 Å². The standard InChI is InChI=1S/C14H17N3O3/c1-10(8-12-4-3-7-20-12)16-14(18)17-11-5-6-13(19-2)15-9-11/h3-7,9-10H,8H2,1-2H3,(H2,16,17,18). The SMILES string of the molecule is COc1ccc(NC(=O)NC(C)Cc2ccco2)cn1. The Balaban J connectivity index is 1.82. The number of amides is 2. The number of urea groups is 1. The van der Waals surface area contributed by atoms with Crippen LogP contribution >= 0.6 is 0 Å². The van der Waals surface area contributed by atoms with Gasteiger partial charge in [-0.15, -0.1) is 0 Å². The molecule has 0 aliphatic heterocycles. The highest BCUT2D eigenvalue weighted by Crippen LogP contribution is 2.11. The lowest BCUT2D eigenvalue weighted by molar-refractivity contribution is 0.248. The number of furan rings is 1. The number of nitrogens with zero attached hydrogens (tertiary/aromatic N) is 1. The zero-order valence-corrected chi connectivity index (χ0v) is 11.4. The Bertz CT molecular complexity index is 537. The summed E-state index contributed by atoms with van der Waals surface area (Å²) in [6.07, 6.45) is 3.79. The first-order chi connectivity index (χ1) is 9.67. The lowest BCUT2D eigenvalue weighted by Crippen LogP contribution is -2.37. The second kappa shape index (κ2) is 6.60. The highest BCUT2D eigenvalue weighted by atomic mass is 16.5. The molecule has 0 spiro atoms. The van der Waals surface area contributed by atoms with Gasteiger partial charge in [0.1, 0.15) is 5.76 Å². The van der Waals surface area contributed by atoms with E-state index in [1.165, 1.54) is 6.20 Å². The Morgan fingerprint density at radius 3 is 2.90 bits per heavy atom. The second-order valence-corrected chi connectivity index (χ2v) is 4.37.